The Labute approximate surface area is 145 Å². The van der Waals surface area contributed by atoms with Crippen molar-refractivity contribution in [1.82, 2.24) is 9.78 Å². The van der Waals surface area contributed by atoms with Gasteiger partial charge in [-0.2, -0.15) is 5.10 Å². The molecule has 2 heterocycles. The first kappa shape index (κ1) is 15.6. The summed E-state index contributed by atoms with van der Waals surface area (Å²) in [5.41, 5.74) is 0.897. The highest BCUT2D eigenvalue weighted by Crippen LogP contribution is 2.41. The second-order valence-corrected chi connectivity index (χ2v) is 5.85. The number of carboxylic acids is 1. The molecular weight excluding hydrogens is 354 g/mol. The second-order valence-electron chi connectivity index (χ2n) is 5.42. The minimum Gasteiger partial charge on any atom is -0.488 e. The molecule has 3 aromatic rings. The van der Waals surface area contributed by atoms with E-state index in [9.17, 15) is 18.7 Å². The lowest BCUT2D eigenvalue weighted by molar-refractivity contribution is 0.0687. The Hall–Kier alpha value is -2.93. The third-order valence-corrected chi connectivity index (χ3v) is 4.13. The maximum atomic E-state index is 14.3. The quantitative estimate of drug-likeness (QED) is 0.746. The number of hydrogen-bond donors (Lipinski definition) is 1. The van der Waals surface area contributed by atoms with E-state index in [2.05, 4.69) is 5.10 Å². The maximum Gasteiger partial charge on any atom is 0.356 e. The fraction of sp³-hybridized carbons (Fsp3) is 0.0588. The van der Waals surface area contributed by atoms with E-state index < -0.39 is 17.6 Å². The molecule has 0 aliphatic carbocycles. The molecule has 126 valence electrons. The standard InChI is InChI=1S/C17H9ClF2N2O3/c18-8-1-3-10-14(5-8)25-7-11-15(17(23)24)21-22(16(10)11)13-4-2-9(19)6-12(13)20/h1-6H,7H2,(H,23,24). The lowest BCUT2D eigenvalue weighted by Crippen LogP contribution is -2.10. The number of aromatic nitrogens is 2. The predicted octanol–water partition coefficient (Wildman–Crippen LogP) is 4.06. The van der Waals surface area contributed by atoms with Crippen LogP contribution in [0.15, 0.2) is 36.4 Å². The van der Waals surface area contributed by atoms with E-state index in [1.54, 1.807) is 18.2 Å². The van der Waals surface area contributed by atoms with Gasteiger partial charge < -0.3 is 9.84 Å². The molecule has 0 saturated heterocycles. The zero-order chi connectivity index (χ0) is 17.7. The van der Waals surface area contributed by atoms with Crippen molar-refractivity contribution in [2.75, 3.05) is 0 Å². The van der Waals surface area contributed by atoms with E-state index in [1.807, 2.05) is 0 Å². The Kier molecular flexibility index (Phi) is 3.47. The second kappa shape index (κ2) is 5.56. The van der Waals surface area contributed by atoms with Crippen molar-refractivity contribution in [2.45, 2.75) is 6.61 Å². The van der Waals surface area contributed by atoms with Crippen LogP contribution in [0.4, 0.5) is 8.78 Å². The van der Waals surface area contributed by atoms with Gasteiger partial charge in [0.2, 0.25) is 0 Å². The molecule has 4 rings (SSSR count). The third kappa shape index (κ3) is 2.44. The summed E-state index contributed by atoms with van der Waals surface area (Å²) >= 11 is 5.96. The normalized spacial score (nSPS) is 12.3. The van der Waals surface area contributed by atoms with E-state index in [-0.39, 0.29) is 18.0 Å². The first-order valence-corrected chi connectivity index (χ1v) is 7.57. The molecule has 0 spiro atoms. The number of carboxylic acid groups (broad SMARTS) is 1. The van der Waals surface area contributed by atoms with E-state index in [1.165, 1.54) is 6.07 Å². The van der Waals surface area contributed by atoms with Gasteiger partial charge >= 0.3 is 5.97 Å². The van der Waals surface area contributed by atoms with Gasteiger partial charge in [-0.3, -0.25) is 0 Å². The van der Waals surface area contributed by atoms with Crippen molar-refractivity contribution >= 4 is 17.6 Å². The number of nitrogens with zero attached hydrogens (tertiary/aromatic N) is 2. The van der Waals surface area contributed by atoms with Crippen molar-refractivity contribution in [2.24, 2.45) is 0 Å². The first-order valence-electron chi connectivity index (χ1n) is 7.19. The SMILES string of the molecule is O=C(O)c1nn(-c2ccc(F)cc2F)c2c1COc1cc(Cl)ccc1-2. The van der Waals surface area contributed by atoms with Crippen molar-refractivity contribution in [3.63, 3.8) is 0 Å². The van der Waals surface area contributed by atoms with E-state index >= 15 is 0 Å². The molecule has 0 fully saturated rings. The molecular formula is C17H9ClF2N2O3. The van der Waals surface area contributed by atoms with Crippen molar-refractivity contribution < 1.29 is 23.4 Å². The van der Waals surface area contributed by atoms with Crippen LogP contribution in [0, 0.1) is 11.6 Å². The minimum absolute atomic E-state index is 0.0485. The summed E-state index contributed by atoms with van der Waals surface area (Å²) < 4.78 is 34.2. The Morgan fingerprint density at radius 3 is 2.76 bits per heavy atom. The smallest absolute Gasteiger partial charge is 0.356 e. The summed E-state index contributed by atoms with van der Waals surface area (Å²) in [6, 6.07) is 7.83. The minimum atomic E-state index is -1.27. The molecule has 2 aromatic carbocycles. The molecule has 0 radical (unpaired) electrons. The highest BCUT2D eigenvalue weighted by atomic mass is 35.5. The Morgan fingerprint density at radius 1 is 1.24 bits per heavy atom. The van der Waals surface area contributed by atoms with Crippen LogP contribution in [0.2, 0.25) is 5.02 Å². The highest BCUT2D eigenvalue weighted by molar-refractivity contribution is 6.30. The molecule has 0 amide bonds. The van der Waals surface area contributed by atoms with Crippen LogP contribution in [0.5, 0.6) is 5.75 Å². The van der Waals surface area contributed by atoms with Crippen molar-refractivity contribution in [3.8, 4) is 22.7 Å². The summed E-state index contributed by atoms with van der Waals surface area (Å²) in [5.74, 6) is -2.43. The molecule has 1 N–H and O–H groups in total. The van der Waals surface area contributed by atoms with Crippen LogP contribution in [-0.4, -0.2) is 20.9 Å². The summed E-state index contributed by atoms with van der Waals surface area (Å²) in [6.45, 7) is -0.0485. The molecule has 0 bridgehead atoms. The van der Waals surface area contributed by atoms with Crippen LogP contribution in [0.25, 0.3) is 16.9 Å². The number of carbonyl (C=O) groups is 1. The number of hydrogen-bond acceptors (Lipinski definition) is 3. The Balaban J connectivity index is 2.04. The highest BCUT2D eigenvalue weighted by Gasteiger charge is 2.30. The van der Waals surface area contributed by atoms with Gasteiger partial charge in [0.25, 0.3) is 0 Å². The van der Waals surface area contributed by atoms with Crippen molar-refractivity contribution in [1.29, 1.82) is 0 Å². The van der Waals surface area contributed by atoms with Gasteiger partial charge in [0.05, 0.1) is 11.3 Å². The van der Waals surface area contributed by atoms with Gasteiger partial charge in [-0.05, 0) is 30.3 Å². The largest absolute Gasteiger partial charge is 0.488 e. The Bertz CT molecular complexity index is 1030. The summed E-state index contributed by atoms with van der Waals surface area (Å²) in [6.07, 6.45) is 0. The van der Waals surface area contributed by atoms with E-state index in [4.69, 9.17) is 16.3 Å². The third-order valence-electron chi connectivity index (χ3n) is 3.89. The number of fused-ring (bicyclic) bond motifs is 3. The van der Waals surface area contributed by atoms with Crippen LogP contribution in [-0.2, 0) is 6.61 Å². The van der Waals surface area contributed by atoms with Gasteiger partial charge in [0, 0.05) is 16.7 Å². The molecule has 0 saturated carbocycles. The fourth-order valence-corrected chi connectivity index (χ4v) is 2.99. The lowest BCUT2D eigenvalue weighted by atomic mass is 10.0. The van der Waals surface area contributed by atoms with Crippen LogP contribution in [0.1, 0.15) is 16.1 Å². The molecule has 1 aliphatic heterocycles. The molecule has 8 heteroatoms. The summed E-state index contributed by atoms with van der Waals surface area (Å²) in [4.78, 5) is 11.5. The number of halogens is 3. The maximum absolute atomic E-state index is 14.3. The molecule has 0 unspecified atom stereocenters. The van der Waals surface area contributed by atoms with E-state index in [0.29, 0.717) is 33.7 Å². The first-order chi connectivity index (χ1) is 12.0. The molecule has 5 nitrogen and oxygen atoms in total. The topological polar surface area (TPSA) is 64.3 Å². The Morgan fingerprint density at radius 2 is 2.04 bits per heavy atom. The van der Waals surface area contributed by atoms with Crippen LogP contribution >= 0.6 is 11.6 Å². The fourth-order valence-electron chi connectivity index (χ4n) is 2.82. The zero-order valence-corrected chi connectivity index (χ0v) is 13.2. The number of ether oxygens (including phenoxy) is 1. The van der Waals surface area contributed by atoms with Gasteiger partial charge in [-0.15, -0.1) is 0 Å². The van der Waals surface area contributed by atoms with Gasteiger partial charge in [-0.25, -0.2) is 18.3 Å². The van der Waals surface area contributed by atoms with E-state index in [0.717, 1.165) is 10.7 Å². The summed E-state index contributed by atoms with van der Waals surface area (Å²) in [7, 11) is 0. The molecule has 1 aromatic heterocycles. The summed E-state index contributed by atoms with van der Waals surface area (Å²) in [5, 5.41) is 13.9. The van der Waals surface area contributed by atoms with Gasteiger partial charge in [0.1, 0.15) is 23.9 Å². The van der Waals surface area contributed by atoms with Gasteiger partial charge in [0.15, 0.2) is 11.5 Å². The predicted molar refractivity (Wildman–Crippen MR) is 85.2 cm³/mol. The average molecular weight is 363 g/mol. The van der Waals surface area contributed by atoms with Crippen LogP contribution < -0.4 is 4.74 Å². The van der Waals surface area contributed by atoms with Gasteiger partial charge in [-0.1, -0.05) is 11.6 Å². The van der Waals surface area contributed by atoms with Crippen LogP contribution in [0.3, 0.4) is 0 Å². The number of rotatable bonds is 2. The number of benzene rings is 2. The monoisotopic (exact) mass is 362 g/mol. The molecule has 25 heavy (non-hydrogen) atoms. The molecule has 0 atom stereocenters. The average Bonchev–Trinajstić information content (AvgIpc) is 2.94. The lowest BCUT2D eigenvalue weighted by Gasteiger charge is -2.20. The zero-order valence-electron chi connectivity index (χ0n) is 12.5. The number of aromatic carboxylic acids is 1. The molecule has 1 aliphatic rings. The van der Waals surface area contributed by atoms with Crippen molar-refractivity contribution in [3.05, 3.63) is 64.3 Å².